The summed E-state index contributed by atoms with van der Waals surface area (Å²) in [5, 5.41) is 27.0. The van der Waals surface area contributed by atoms with Crippen LogP contribution >= 0.6 is 0 Å². The molecule has 0 aliphatic rings. The maximum atomic E-state index is 10.9. The summed E-state index contributed by atoms with van der Waals surface area (Å²) < 4.78 is 0. The van der Waals surface area contributed by atoms with Crippen molar-refractivity contribution in [1.82, 2.24) is 5.43 Å². The smallest absolute Gasteiger partial charge is 0.269 e. The van der Waals surface area contributed by atoms with Crippen LogP contribution in [-0.2, 0) is 0 Å². The fraction of sp³-hybridized carbons (Fsp3) is 0. The monoisotopic (exact) mass is 184 g/mol. The number of carbonyl (C=O) groups excluding carboxylic acids is 1. The average molecular weight is 184 g/mol. The molecule has 0 heterocycles. The topological polar surface area (TPSA) is 116 Å². The first-order valence-corrected chi connectivity index (χ1v) is 3.32. The number of nitrogens with one attached hydrogen (secondary N) is 1. The second-order valence-corrected chi connectivity index (χ2v) is 2.33. The summed E-state index contributed by atoms with van der Waals surface area (Å²) >= 11 is 0. The van der Waals surface area contributed by atoms with Gasteiger partial charge in [0.2, 0.25) is 0 Å². The summed E-state index contributed by atoms with van der Waals surface area (Å²) in [5.74, 6) is 2.58. The van der Waals surface area contributed by atoms with Crippen molar-refractivity contribution in [2.24, 2.45) is 5.84 Å². The Kier molecular flexibility index (Phi) is 2.25. The highest BCUT2D eigenvalue weighted by Crippen LogP contribution is 2.31. The molecule has 0 aromatic heterocycles. The van der Waals surface area contributed by atoms with Crippen LogP contribution in [0.2, 0.25) is 0 Å². The van der Waals surface area contributed by atoms with E-state index >= 15 is 0 Å². The molecule has 6 heteroatoms. The number of carbonyl (C=O) groups is 1. The number of hydrogen-bond acceptors (Lipinski definition) is 5. The van der Waals surface area contributed by atoms with E-state index in [2.05, 4.69) is 0 Å². The minimum atomic E-state index is -0.757. The van der Waals surface area contributed by atoms with Gasteiger partial charge in [-0.1, -0.05) is 0 Å². The van der Waals surface area contributed by atoms with Crippen molar-refractivity contribution in [1.29, 1.82) is 0 Å². The van der Waals surface area contributed by atoms with Gasteiger partial charge in [-0.25, -0.2) is 5.84 Å². The number of phenolic OH excluding ortho intramolecular Hbond substituents is 3. The van der Waals surface area contributed by atoms with Crippen LogP contribution in [0.15, 0.2) is 12.1 Å². The van der Waals surface area contributed by atoms with Crippen LogP contribution in [0.1, 0.15) is 10.4 Å². The van der Waals surface area contributed by atoms with Gasteiger partial charge < -0.3 is 15.3 Å². The molecule has 0 fully saturated rings. The van der Waals surface area contributed by atoms with Gasteiger partial charge in [0.1, 0.15) is 5.75 Å². The minimum absolute atomic E-state index is 0.210. The molecule has 1 aromatic carbocycles. The number of hydrogen-bond donors (Lipinski definition) is 5. The van der Waals surface area contributed by atoms with Crippen molar-refractivity contribution in [3.63, 3.8) is 0 Å². The van der Waals surface area contributed by atoms with E-state index in [1.165, 1.54) is 0 Å². The Morgan fingerprint density at radius 2 is 1.69 bits per heavy atom. The molecule has 1 aromatic rings. The number of nitrogens with two attached hydrogens (primary N) is 1. The zero-order chi connectivity index (χ0) is 10.0. The van der Waals surface area contributed by atoms with Crippen molar-refractivity contribution in [2.45, 2.75) is 0 Å². The zero-order valence-electron chi connectivity index (χ0n) is 6.48. The molecule has 0 spiro atoms. The van der Waals surface area contributed by atoms with Crippen LogP contribution in [0.25, 0.3) is 0 Å². The molecular weight excluding hydrogens is 176 g/mol. The standard InChI is InChI=1S/C7H8N2O4/c8-9-7(13)3-1-5(11)6(12)2-4(3)10/h1-2,10-12H,8H2,(H,9,13). The first kappa shape index (κ1) is 9.14. The number of rotatable bonds is 1. The first-order valence-electron chi connectivity index (χ1n) is 3.32. The van der Waals surface area contributed by atoms with Gasteiger partial charge in [-0.2, -0.15) is 0 Å². The highest BCUT2D eigenvalue weighted by molar-refractivity contribution is 5.97. The lowest BCUT2D eigenvalue weighted by atomic mass is 10.1. The Balaban J connectivity index is 3.23. The van der Waals surface area contributed by atoms with Crippen molar-refractivity contribution >= 4 is 5.91 Å². The highest BCUT2D eigenvalue weighted by atomic mass is 16.3. The van der Waals surface area contributed by atoms with Crippen molar-refractivity contribution in [2.75, 3.05) is 0 Å². The van der Waals surface area contributed by atoms with E-state index < -0.39 is 23.2 Å². The van der Waals surface area contributed by atoms with Gasteiger partial charge in [-0.05, 0) is 0 Å². The van der Waals surface area contributed by atoms with E-state index in [0.29, 0.717) is 0 Å². The first-order chi connectivity index (χ1) is 6.06. The molecule has 70 valence electrons. The fourth-order valence-corrected chi connectivity index (χ4v) is 0.825. The summed E-state index contributed by atoms with van der Waals surface area (Å²) in [6, 6.07) is 1.76. The molecule has 6 N–H and O–H groups in total. The van der Waals surface area contributed by atoms with Crippen LogP contribution in [0.3, 0.4) is 0 Å². The Hall–Kier alpha value is -1.95. The predicted molar refractivity (Wildman–Crippen MR) is 43.1 cm³/mol. The quantitative estimate of drug-likeness (QED) is 0.131. The Labute approximate surface area is 73.2 Å². The number of benzene rings is 1. The largest absolute Gasteiger partial charge is 0.507 e. The summed E-state index contributed by atoms with van der Waals surface area (Å²) in [5.41, 5.74) is 1.57. The molecule has 0 saturated carbocycles. The molecule has 0 unspecified atom stereocenters. The number of phenols is 3. The second-order valence-electron chi connectivity index (χ2n) is 2.33. The normalized spacial score (nSPS) is 9.62. The van der Waals surface area contributed by atoms with Crippen molar-refractivity contribution in [3.8, 4) is 17.2 Å². The second kappa shape index (κ2) is 3.20. The zero-order valence-corrected chi connectivity index (χ0v) is 6.48. The van der Waals surface area contributed by atoms with E-state index in [1.807, 2.05) is 0 Å². The highest BCUT2D eigenvalue weighted by Gasteiger charge is 2.13. The lowest BCUT2D eigenvalue weighted by Crippen LogP contribution is -2.29. The van der Waals surface area contributed by atoms with Gasteiger partial charge in [0.05, 0.1) is 5.56 Å². The summed E-state index contributed by atoms with van der Waals surface area (Å²) in [6.45, 7) is 0. The van der Waals surface area contributed by atoms with Crippen molar-refractivity contribution in [3.05, 3.63) is 17.7 Å². The van der Waals surface area contributed by atoms with Crippen LogP contribution < -0.4 is 11.3 Å². The van der Waals surface area contributed by atoms with E-state index in [9.17, 15) is 4.79 Å². The number of amides is 1. The van der Waals surface area contributed by atoms with Gasteiger partial charge in [-0.3, -0.25) is 10.2 Å². The fourth-order valence-electron chi connectivity index (χ4n) is 0.825. The SMILES string of the molecule is NNC(=O)c1cc(O)c(O)cc1O. The van der Waals surface area contributed by atoms with Gasteiger partial charge in [-0.15, -0.1) is 0 Å². The number of nitrogen functional groups attached to an aromatic ring is 1. The van der Waals surface area contributed by atoms with E-state index in [-0.39, 0.29) is 5.56 Å². The van der Waals surface area contributed by atoms with E-state index in [4.69, 9.17) is 21.2 Å². The van der Waals surface area contributed by atoms with Gasteiger partial charge >= 0.3 is 0 Å². The van der Waals surface area contributed by atoms with Crippen LogP contribution in [-0.4, -0.2) is 21.2 Å². The molecule has 0 saturated heterocycles. The number of aromatic hydroxyl groups is 3. The lowest BCUT2D eigenvalue weighted by Gasteiger charge is -2.04. The molecule has 0 aliphatic heterocycles. The van der Waals surface area contributed by atoms with Crippen LogP contribution in [0.4, 0.5) is 0 Å². The third-order valence-corrected chi connectivity index (χ3v) is 1.47. The minimum Gasteiger partial charge on any atom is -0.507 e. The molecule has 0 aliphatic carbocycles. The third-order valence-electron chi connectivity index (χ3n) is 1.47. The molecule has 0 radical (unpaired) electrons. The van der Waals surface area contributed by atoms with Crippen LogP contribution in [0, 0.1) is 0 Å². The molecule has 1 amide bonds. The van der Waals surface area contributed by atoms with Gasteiger partial charge in [0.25, 0.3) is 5.91 Å². The van der Waals surface area contributed by atoms with Crippen molar-refractivity contribution < 1.29 is 20.1 Å². The molecule has 13 heavy (non-hydrogen) atoms. The Morgan fingerprint density at radius 3 is 2.23 bits per heavy atom. The molecule has 0 atom stereocenters. The lowest BCUT2D eigenvalue weighted by molar-refractivity contribution is 0.0950. The van der Waals surface area contributed by atoms with Crippen LogP contribution in [0.5, 0.6) is 17.2 Å². The van der Waals surface area contributed by atoms with E-state index in [1.54, 1.807) is 5.43 Å². The summed E-state index contributed by atoms with van der Waals surface area (Å²) in [6.07, 6.45) is 0. The maximum absolute atomic E-state index is 10.9. The molecular formula is C7H8N2O4. The summed E-state index contributed by atoms with van der Waals surface area (Å²) in [4.78, 5) is 10.9. The molecule has 0 bridgehead atoms. The average Bonchev–Trinajstić information content (AvgIpc) is 2.10. The molecule has 6 nitrogen and oxygen atoms in total. The Morgan fingerprint density at radius 1 is 1.15 bits per heavy atom. The predicted octanol–water partition coefficient (Wildman–Crippen LogP) is -0.593. The van der Waals surface area contributed by atoms with Gasteiger partial charge in [0, 0.05) is 12.1 Å². The van der Waals surface area contributed by atoms with E-state index in [0.717, 1.165) is 12.1 Å². The molecule has 1 rings (SSSR count). The Bertz CT molecular complexity index is 351. The number of hydrazine groups is 1. The van der Waals surface area contributed by atoms with Gasteiger partial charge in [0.15, 0.2) is 11.5 Å². The summed E-state index contributed by atoms with van der Waals surface area (Å²) in [7, 11) is 0. The maximum Gasteiger partial charge on any atom is 0.269 e. The third kappa shape index (κ3) is 1.62.